The van der Waals surface area contributed by atoms with Crippen LogP contribution in [0.2, 0.25) is 0 Å². The fraction of sp³-hybridized carbons (Fsp3) is 0.316. The summed E-state index contributed by atoms with van der Waals surface area (Å²) in [5.74, 6) is 1.25. The highest BCUT2D eigenvalue weighted by Crippen LogP contribution is 2.20. The largest absolute Gasteiger partial charge is 0.366 e. The smallest absolute Gasteiger partial charge is 0.328 e. The van der Waals surface area contributed by atoms with Crippen molar-refractivity contribution in [1.82, 2.24) is 23.7 Å². The number of anilines is 1. The van der Waals surface area contributed by atoms with Gasteiger partial charge in [-0.15, -0.1) is 0 Å². The molecule has 3 heterocycles. The fourth-order valence-corrected chi connectivity index (χ4v) is 3.21. The molecule has 4 rings (SSSR count). The van der Waals surface area contributed by atoms with E-state index >= 15 is 0 Å². The lowest BCUT2D eigenvalue weighted by molar-refractivity contribution is 0.795. The Bertz CT molecular complexity index is 1160. The molecule has 0 radical (unpaired) electrons. The monoisotopic (exact) mass is 350 g/mol. The van der Waals surface area contributed by atoms with E-state index in [1.165, 1.54) is 0 Å². The summed E-state index contributed by atoms with van der Waals surface area (Å²) in [6, 6.07) is 10.0. The molecule has 0 aliphatic heterocycles. The summed E-state index contributed by atoms with van der Waals surface area (Å²) in [4.78, 5) is 16.7. The Morgan fingerprint density at radius 1 is 1.08 bits per heavy atom. The van der Waals surface area contributed by atoms with Crippen LogP contribution in [0.3, 0.4) is 0 Å². The standard InChI is InChI=1S/C19H22N6O/c1-12(2)14-10-18(25-17(22-14)7-8-21-25)20-11-13-5-6-15-16(9-13)24(4)19(26)23(15)3/h5-10,12,20H,11H2,1-4H3. The van der Waals surface area contributed by atoms with Crippen molar-refractivity contribution in [3.05, 3.63) is 58.3 Å². The lowest BCUT2D eigenvalue weighted by Gasteiger charge is -2.12. The number of rotatable bonds is 4. The van der Waals surface area contributed by atoms with Gasteiger partial charge in [0.1, 0.15) is 5.82 Å². The van der Waals surface area contributed by atoms with E-state index in [0.717, 1.165) is 33.8 Å². The lowest BCUT2D eigenvalue weighted by atomic mass is 10.1. The number of hydrogen-bond acceptors (Lipinski definition) is 4. The predicted octanol–water partition coefficient (Wildman–Crippen LogP) is 2.66. The summed E-state index contributed by atoms with van der Waals surface area (Å²) in [6.45, 7) is 4.89. The molecule has 0 spiro atoms. The summed E-state index contributed by atoms with van der Waals surface area (Å²) >= 11 is 0. The molecule has 0 saturated carbocycles. The third-order valence-corrected chi connectivity index (χ3v) is 4.78. The predicted molar refractivity (Wildman–Crippen MR) is 103 cm³/mol. The normalized spacial score (nSPS) is 11.7. The van der Waals surface area contributed by atoms with Gasteiger partial charge in [-0.3, -0.25) is 9.13 Å². The van der Waals surface area contributed by atoms with E-state index in [0.29, 0.717) is 12.5 Å². The molecule has 1 aromatic carbocycles. The van der Waals surface area contributed by atoms with Gasteiger partial charge in [0, 0.05) is 38.5 Å². The molecule has 3 aromatic heterocycles. The van der Waals surface area contributed by atoms with Gasteiger partial charge in [-0.25, -0.2) is 9.78 Å². The number of imidazole rings is 1. The Morgan fingerprint density at radius 3 is 2.62 bits per heavy atom. The molecule has 26 heavy (non-hydrogen) atoms. The molecule has 0 aliphatic carbocycles. The average molecular weight is 350 g/mol. The van der Waals surface area contributed by atoms with Crippen molar-refractivity contribution < 1.29 is 0 Å². The van der Waals surface area contributed by atoms with Crippen molar-refractivity contribution in [3.63, 3.8) is 0 Å². The van der Waals surface area contributed by atoms with Crippen molar-refractivity contribution >= 4 is 22.5 Å². The minimum Gasteiger partial charge on any atom is -0.366 e. The molecule has 4 aromatic rings. The lowest BCUT2D eigenvalue weighted by Crippen LogP contribution is -2.19. The molecule has 134 valence electrons. The highest BCUT2D eigenvalue weighted by molar-refractivity contribution is 5.76. The van der Waals surface area contributed by atoms with Crippen LogP contribution in [0.25, 0.3) is 16.7 Å². The van der Waals surface area contributed by atoms with Gasteiger partial charge >= 0.3 is 5.69 Å². The molecule has 7 heteroatoms. The van der Waals surface area contributed by atoms with Crippen LogP contribution in [-0.2, 0) is 20.6 Å². The van der Waals surface area contributed by atoms with E-state index in [1.807, 2.05) is 28.8 Å². The van der Waals surface area contributed by atoms with Crippen molar-refractivity contribution in [2.45, 2.75) is 26.3 Å². The fourth-order valence-electron chi connectivity index (χ4n) is 3.21. The number of hydrogen-bond donors (Lipinski definition) is 1. The average Bonchev–Trinajstić information content (AvgIpc) is 3.19. The molecule has 0 saturated heterocycles. The molecular weight excluding hydrogens is 328 g/mol. The summed E-state index contributed by atoms with van der Waals surface area (Å²) < 4.78 is 5.15. The van der Waals surface area contributed by atoms with Gasteiger partial charge in [-0.2, -0.15) is 9.61 Å². The molecule has 0 amide bonds. The van der Waals surface area contributed by atoms with E-state index in [-0.39, 0.29) is 5.69 Å². The van der Waals surface area contributed by atoms with Crippen molar-refractivity contribution in [2.75, 3.05) is 5.32 Å². The Morgan fingerprint density at radius 2 is 1.85 bits per heavy atom. The zero-order chi connectivity index (χ0) is 18.4. The molecular formula is C19H22N6O. The number of nitrogens with zero attached hydrogens (tertiary/aromatic N) is 5. The molecule has 0 bridgehead atoms. The summed E-state index contributed by atoms with van der Waals surface area (Å²) in [5.41, 5.74) is 4.81. The Labute approximate surface area is 150 Å². The minimum absolute atomic E-state index is 0.0148. The molecule has 0 atom stereocenters. The van der Waals surface area contributed by atoms with E-state index in [2.05, 4.69) is 35.3 Å². The SMILES string of the molecule is CC(C)c1cc(NCc2ccc3c(c2)n(C)c(=O)n3C)n2nccc2n1. The van der Waals surface area contributed by atoms with Crippen LogP contribution < -0.4 is 11.0 Å². The molecule has 0 unspecified atom stereocenters. The van der Waals surface area contributed by atoms with Gasteiger partial charge in [0.2, 0.25) is 0 Å². The second-order valence-electron chi connectivity index (χ2n) is 6.90. The summed E-state index contributed by atoms with van der Waals surface area (Å²) in [5, 5.41) is 7.81. The van der Waals surface area contributed by atoms with Gasteiger partial charge in [0.15, 0.2) is 5.65 Å². The van der Waals surface area contributed by atoms with Crippen LogP contribution in [-0.4, -0.2) is 23.7 Å². The van der Waals surface area contributed by atoms with Crippen LogP contribution in [0, 0.1) is 0 Å². The number of aromatic nitrogens is 5. The first-order valence-corrected chi connectivity index (χ1v) is 8.68. The van der Waals surface area contributed by atoms with Crippen LogP contribution in [0.4, 0.5) is 5.82 Å². The van der Waals surface area contributed by atoms with Gasteiger partial charge < -0.3 is 5.32 Å². The first-order valence-electron chi connectivity index (χ1n) is 8.68. The van der Waals surface area contributed by atoms with Gasteiger partial charge in [0.05, 0.1) is 17.2 Å². The quantitative estimate of drug-likeness (QED) is 0.614. The number of aryl methyl sites for hydroxylation is 2. The third-order valence-electron chi connectivity index (χ3n) is 4.78. The van der Waals surface area contributed by atoms with E-state index < -0.39 is 0 Å². The number of fused-ring (bicyclic) bond motifs is 2. The Hall–Kier alpha value is -3.09. The van der Waals surface area contributed by atoms with Crippen molar-refractivity contribution in [3.8, 4) is 0 Å². The zero-order valence-corrected chi connectivity index (χ0v) is 15.4. The van der Waals surface area contributed by atoms with Gasteiger partial charge in [0.25, 0.3) is 0 Å². The van der Waals surface area contributed by atoms with Gasteiger partial charge in [-0.05, 0) is 23.6 Å². The maximum Gasteiger partial charge on any atom is 0.328 e. The zero-order valence-electron chi connectivity index (χ0n) is 15.4. The molecule has 7 nitrogen and oxygen atoms in total. The third kappa shape index (κ3) is 2.56. The summed E-state index contributed by atoms with van der Waals surface area (Å²) in [7, 11) is 3.59. The molecule has 1 N–H and O–H groups in total. The Balaban J connectivity index is 1.68. The van der Waals surface area contributed by atoms with Crippen LogP contribution >= 0.6 is 0 Å². The van der Waals surface area contributed by atoms with E-state index in [4.69, 9.17) is 0 Å². The minimum atomic E-state index is -0.0148. The highest BCUT2D eigenvalue weighted by atomic mass is 16.1. The number of nitrogens with one attached hydrogen (secondary N) is 1. The van der Waals surface area contributed by atoms with E-state index in [1.54, 1.807) is 29.4 Å². The Kier molecular flexibility index (Phi) is 3.79. The maximum absolute atomic E-state index is 12.1. The van der Waals surface area contributed by atoms with Crippen molar-refractivity contribution in [2.24, 2.45) is 14.1 Å². The van der Waals surface area contributed by atoms with Crippen molar-refractivity contribution in [1.29, 1.82) is 0 Å². The first-order chi connectivity index (χ1) is 12.5. The van der Waals surface area contributed by atoms with Crippen LogP contribution in [0.15, 0.2) is 41.3 Å². The molecule has 0 fully saturated rings. The van der Waals surface area contributed by atoms with Crippen LogP contribution in [0.1, 0.15) is 31.0 Å². The second-order valence-corrected chi connectivity index (χ2v) is 6.90. The highest BCUT2D eigenvalue weighted by Gasteiger charge is 2.11. The first kappa shape index (κ1) is 16.4. The summed E-state index contributed by atoms with van der Waals surface area (Å²) in [6.07, 6.45) is 1.75. The maximum atomic E-state index is 12.1. The second kappa shape index (κ2) is 6.01. The molecule has 0 aliphatic rings. The number of benzene rings is 1. The van der Waals surface area contributed by atoms with Gasteiger partial charge in [-0.1, -0.05) is 19.9 Å². The van der Waals surface area contributed by atoms with Crippen LogP contribution in [0.5, 0.6) is 0 Å². The van der Waals surface area contributed by atoms with E-state index in [9.17, 15) is 4.79 Å². The topological polar surface area (TPSA) is 69.2 Å².